The number of amides is 1. The Morgan fingerprint density at radius 3 is 1.24 bits per heavy atom. The number of ether oxygens (including phenoxy) is 1. The highest BCUT2D eigenvalue weighted by Crippen LogP contribution is 2.43. The first-order valence-corrected chi connectivity index (χ1v) is 33.7. The molecule has 0 aliphatic heterocycles. The van der Waals surface area contributed by atoms with Gasteiger partial charge in [0, 0.05) is 12.8 Å². The number of esters is 1. The van der Waals surface area contributed by atoms with Gasteiger partial charge in [-0.15, -0.1) is 0 Å². The molecule has 454 valence electrons. The van der Waals surface area contributed by atoms with Crippen molar-refractivity contribution < 1.29 is 37.3 Å². The molecule has 0 rings (SSSR count). The fraction of sp³-hybridized carbons (Fsp3) is 0.710. The summed E-state index contributed by atoms with van der Waals surface area (Å²) in [5, 5.41) is 3.05. The van der Waals surface area contributed by atoms with Crippen LogP contribution in [0, 0.1) is 0 Å². The predicted molar refractivity (Wildman–Crippen MR) is 341 cm³/mol. The zero-order valence-corrected chi connectivity index (χ0v) is 52.7. The number of rotatable bonds is 57. The Morgan fingerprint density at radius 1 is 0.456 bits per heavy atom. The SMILES string of the molecule is CC/C=C\C/C=C\C/C=C\C/C=C\C/C=C\CCCCCCCC(=O)NC(COP(=O)(O)OCC[N+](C)(C)C)C(/C=C/CCCCCCCCCCCCC)OC(=O)CCCCCCCC/C=C\C/C=C\C/C=C\CCCCC. The molecule has 79 heavy (non-hydrogen) atoms. The zero-order chi connectivity index (χ0) is 57.9. The second-order valence-electron chi connectivity index (χ2n) is 22.5. The second-order valence-corrected chi connectivity index (χ2v) is 24.0. The maximum absolute atomic E-state index is 13.6. The van der Waals surface area contributed by atoms with E-state index in [4.69, 9.17) is 13.8 Å². The molecule has 10 heteroatoms. The van der Waals surface area contributed by atoms with Crippen molar-refractivity contribution in [3.05, 3.63) is 109 Å². The van der Waals surface area contributed by atoms with E-state index in [1.807, 2.05) is 33.3 Å². The maximum atomic E-state index is 13.6. The van der Waals surface area contributed by atoms with Crippen LogP contribution in [0.15, 0.2) is 109 Å². The summed E-state index contributed by atoms with van der Waals surface area (Å²) >= 11 is 0. The number of hydrogen-bond acceptors (Lipinski definition) is 6. The molecule has 1 amide bonds. The molecule has 0 aromatic carbocycles. The van der Waals surface area contributed by atoms with Gasteiger partial charge in [0.2, 0.25) is 5.91 Å². The molecule has 0 aromatic rings. The van der Waals surface area contributed by atoms with Gasteiger partial charge in [0.25, 0.3) is 0 Å². The molecule has 2 N–H and O–H groups in total. The molecular weight excluding hydrogens is 1000 g/mol. The van der Waals surface area contributed by atoms with Crippen LogP contribution in [0.1, 0.15) is 265 Å². The van der Waals surface area contributed by atoms with Crippen LogP contribution < -0.4 is 5.32 Å². The van der Waals surface area contributed by atoms with E-state index in [0.29, 0.717) is 17.4 Å². The summed E-state index contributed by atoms with van der Waals surface area (Å²) < 4.78 is 30.7. The Hall–Kier alpha value is -3.33. The van der Waals surface area contributed by atoms with E-state index in [1.165, 1.54) is 96.3 Å². The van der Waals surface area contributed by atoms with Crippen LogP contribution in [0.5, 0.6) is 0 Å². The van der Waals surface area contributed by atoms with Gasteiger partial charge in [-0.05, 0) is 115 Å². The van der Waals surface area contributed by atoms with Crippen molar-refractivity contribution in [1.29, 1.82) is 0 Å². The Labute approximate surface area is 487 Å². The van der Waals surface area contributed by atoms with Crippen LogP contribution in [0.2, 0.25) is 0 Å². The molecule has 0 saturated carbocycles. The minimum atomic E-state index is -4.47. The predicted octanol–water partition coefficient (Wildman–Crippen LogP) is 20.1. The number of likely N-dealkylation sites (N-methyl/N-ethyl adjacent to an activating group) is 1. The van der Waals surface area contributed by atoms with Crippen LogP contribution in [-0.2, 0) is 27.9 Å². The largest absolute Gasteiger partial charge is 0.472 e. The van der Waals surface area contributed by atoms with Crippen LogP contribution in [0.3, 0.4) is 0 Å². The number of quaternary nitrogens is 1. The first kappa shape index (κ1) is 75.7. The minimum absolute atomic E-state index is 0.0283. The van der Waals surface area contributed by atoms with E-state index in [9.17, 15) is 19.0 Å². The summed E-state index contributed by atoms with van der Waals surface area (Å²) in [5.41, 5.74) is 0. The van der Waals surface area contributed by atoms with E-state index in [2.05, 4.69) is 123 Å². The summed E-state index contributed by atoms with van der Waals surface area (Å²) in [6.45, 7) is 6.85. The van der Waals surface area contributed by atoms with E-state index in [0.717, 1.165) is 135 Å². The third-order valence-corrected chi connectivity index (χ3v) is 14.7. The Balaban J connectivity index is 5.33. The molecule has 0 aromatic heterocycles. The molecule has 0 fully saturated rings. The molecule has 0 aliphatic carbocycles. The first-order chi connectivity index (χ1) is 38.4. The highest BCUT2D eigenvalue weighted by molar-refractivity contribution is 7.47. The highest BCUT2D eigenvalue weighted by atomic mass is 31.2. The second kappa shape index (κ2) is 57.9. The van der Waals surface area contributed by atoms with Gasteiger partial charge in [0.15, 0.2) is 0 Å². The van der Waals surface area contributed by atoms with Gasteiger partial charge in [-0.3, -0.25) is 18.6 Å². The van der Waals surface area contributed by atoms with E-state index < -0.39 is 20.0 Å². The summed E-state index contributed by atoms with van der Waals surface area (Å²) in [6, 6.07) is -0.872. The van der Waals surface area contributed by atoms with Crippen LogP contribution >= 0.6 is 7.82 Å². The molecule has 0 aliphatic rings. The summed E-state index contributed by atoms with van der Waals surface area (Å²) in [4.78, 5) is 37.8. The lowest BCUT2D eigenvalue weighted by Crippen LogP contribution is -2.47. The molecule has 9 nitrogen and oxygen atoms in total. The van der Waals surface area contributed by atoms with E-state index >= 15 is 0 Å². The molecule has 3 unspecified atom stereocenters. The number of unbranched alkanes of at least 4 members (excludes halogenated alkanes) is 25. The number of nitrogens with one attached hydrogen (secondary N) is 1. The molecule has 3 atom stereocenters. The summed E-state index contributed by atoms with van der Waals surface area (Å²) in [5.74, 6) is -0.545. The monoisotopic (exact) mass is 1120 g/mol. The van der Waals surface area contributed by atoms with Gasteiger partial charge < -0.3 is 19.4 Å². The molecule has 0 heterocycles. The topological polar surface area (TPSA) is 111 Å². The lowest BCUT2D eigenvalue weighted by molar-refractivity contribution is -0.870. The standard InChI is InChI=1S/C69H121N2O7P/c1-7-10-13-16-19-22-25-28-30-32-34-35-37-38-40-43-46-49-52-55-58-61-68(72)70-66(65-77-79(74,75)76-64-63-71(4,5)6)67(60-57-54-51-48-45-42-27-24-21-18-15-12-9-3)78-69(73)62-59-56-53-50-47-44-41-39-36-33-31-29-26-23-20-17-14-11-8-2/h10,13,19-20,22-23,28-31,34-36,38-40,57,60,66-67H,7-9,11-12,14-18,21,24-27,32-33,37,41-56,58-59,61-65H2,1-6H3,(H-,70,72,74,75)/p+1/b13-10-,22-19-,23-20-,30-28-,31-29-,35-34-,39-36-,40-38-,60-57+. The van der Waals surface area contributed by atoms with Gasteiger partial charge in [0.05, 0.1) is 33.8 Å². The third-order valence-electron chi connectivity index (χ3n) is 13.7. The summed E-state index contributed by atoms with van der Waals surface area (Å²) in [6.07, 6.45) is 79.3. The third kappa shape index (κ3) is 59.1. The van der Waals surface area contributed by atoms with Crippen LogP contribution in [-0.4, -0.2) is 74.3 Å². The van der Waals surface area contributed by atoms with Crippen molar-refractivity contribution >= 4 is 19.7 Å². The fourth-order valence-corrected chi connectivity index (χ4v) is 9.47. The van der Waals surface area contributed by atoms with Crippen molar-refractivity contribution in [3.8, 4) is 0 Å². The first-order valence-electron chi connectivity index (χ1n) is 32.2. The van der Waals surface area contributed by atoms with Gasteiger partial charge >= 0.3 is 13.8 Å². The Morgan fingerprint density at radius 2 is 0.810 bits per heavy atom. The number of nitrogens with zero attached hydrogens (tertiary/aromatic N) is 1. The zero-order valence-electron chi connectivity index (χ0n) is 51.8. The van der Waals surface area contributed by atoms with E-state index in [-0.39, 0.29) is 31.5 Å². The van der Waals surface area contributed by atoms with Gasteiger partial charge in [-0.25, -0.2) is 4.57 Å². The van der Waals surface area contributed by atoms with Gasteiger partial charge in [-0.2, -0.15) is 0 Å². The minimum Gasteiger partial charge on any atom is -0.456 e. The number of carbonyl (C=O) groups excluding carboxylic acids is 2. The molecular formula is C69H122N2O7P+. The van der Waals surface area contributed by atoms with E-state index in [1.54, 1.807) is 0 Å². The number of allylic oxidation sites excluding steroid dienone is 17. The highest BCUT2D eigenvalue weighted by Gasteiger charge is 2.30. The Kier molecular flexibility index (Phi) is 55.4. The molecule has 0 bridgehead atoms. The van der Waals surface area contributed by atoms with Crippen molar-refractivity contribution in [2.75, 3.05) is 40.9 Å². The van der Waals surface area contributed by atoms with Crippen LogP contribution in [0.4, 0.5) is 0 Å². The molecule has 0 radical (unpaired) electrons. The van der Waals surface area contributed by atoms with Gasteiger partial charge in [0.1, 0.15) is 19.3 Å². The summed E-state index contributed by atoms with van der Waals surface area (Å²) in [7, 11) is 1.46. The average molecular weight is 1120 g/mol. The maximum Gasteiger partial charge on any atom is 0.472 e. The smallest absolute Gasteiger partial charge is 0.456 e. The lowest BCUT2D eigenvalue weighted by atomic mass is 10.0. The van der Waals surface area contributed by atoms with Gasteiger partial charge in [-0.1, -0.05) is 246 Å². The fourth-order valence-electron chi connectivity index (χ4n) is 8.74. The normalized spacial score (nSPS) is 14.4. The number of hydrogen-bond donors (Lipinski definition) is 2. The van der Waals surface area contributed by atoms with Crippen molar-refractivity contribution in [1.82, 2.24) is 5.32 Å². The van der Waals surface area contributed by atoms with Crippen LogP contribution in [0.25, 0.3) is 0 Å². The van der Waals surface area contributed by atoms with Crippen molar-refractivity contribution in [3.63, 3.8) is 0 Å². The average Bonchev–Trinajstić information content (AvgIpc) is 3.41. The molecule has 0 spiro atoms. The number of carbonyl (C=O) groups is 2. The number of phosphoric ester groups is 1. The lowest BCUT2D eigenvalue weighted by Gasteiger charge is -2.27. The van der Waals surface area contributed by atoms with Crippen molar-refractivity contribution in [2.24, 2.45) is 0 Å². The quantitative estimate of drug-likeness (QED) is 0.0205. The Bertz CT molecular complexity index is 1720. The molecule has 0 saturated heterocycles. The van der Waals surface area contributed by atoms with Crippen molar-refractivity contribution in [2.45, 2.75) is 277 Å². The number of phosphoric acid groups is 1.